The van der Waals surface area contributed by atoms with Crippen molar-refractivity contribution in [2.75, 3.05) is 0 Å². The van der Waals surface area contributed by atoms with Gasteiger partial charge in [-0.25, -0.2) is 13.8 Å². The predicted molar refractivity (Wildman–Crippen MR) is 44.8 cm³/mol. The van der Waals surface area contributed by atoms with Crippen molar-refractivity contribution in [3.05, 3.63) is 28.0 Å². The minimum Gasteiger partial charge on any atom is -0.390 e. The molecule has 0 unspecified atom stereocenters. The topological polar surface area (TPSA) is 56.9 Å². The molecule has 0 amide bonds. The molecule has 0 aliphatic heterocycles. The molecule has 0 aliphatic carbocycles. The summed E-state index contributed by atoms with van der Waals surface area (Å²) < 4.78 is 24.7. The minimum atomic E-state index is -2.79. The van der Waals surface area contributed by atoms with Crippen LogP contribution in [-0.4, -0.2) is 10.1 Å². The average molecular weight is 219 g/mol. The Hall–Kier alpha value is -1.25. The van der Waals surface area contributed by atoms with Crippen molar-refractivity contribution in [1.29, 1.82) is 5.26 Å². The number of hydrogen-bond acceptors (Lipinski definition) is 3. The zero-order valence-corrected chi connectivity index (χ0v) is 7.59. The summed E-state index contributed by atoms with van der Waals surface area (Å²) in [6.45, 7) is -0.575. The van der Waals surface area contributed by atoms with Crippen LogP contribution in [0.3, 0.4) is 0 Å². The average Bonchev–Trinajstić information content (AvgIpc) is 2.17. The molecule has 0 atom stereocenters. The van der Waals surface area contributed by atoms with Crippen molar-refractivity contribution >= 4 is 11.6 Å². The third-order valence-electron chi connectivity index (χ3n) is 1.55. The molecule has 1 N–H and O–H groups in total. The summed E-state index contributed by atoms with van der Waals surface area (Å²) in [5.74, 6) is 0. The number of aliphatic hydroxyl groups is 1. The number of nitrogens with zero attached hydrogens (tertiary/aromatic N) is 2. The summed E-state index contributed by atoms with van der Waals surface area (Å²) in [5, 5.41) is 16.9. The van der Waals surface area contributed by atoms with Gasteiger partial charge in [0.1, 0.15) is 11.8 Å². The molecule has 0 radical (unpaired) electrons. The Labute approximate surface area is 83.6 Å². The highest BCUT2D eigenvalue weighted by molar-refractivity contribution is 6.32. The summed E-state index contributed by atoms with van der Waals surface area (Å²) in [7, 11) is 0. The lowest BCUT2D eigenvalue weighted by Gasteiger charge is -2.06. The van der Waals surface area contributed by atoms with Crippen LogP contribution in [0.5, 0.6) is 0 Å². The number of aliphatic hydroxyl groups excluding tert-OH is 1. The zero-order chi connectivity index (χ0) is 10.7. The second-order valence-corrected chi connectivity index (χ2v) is 2.81. The molecule has 6 heteroatoms. The number of pyridine rings is 1. The van der Waals surface area contributed by atoms with Gasteiger partial charge in [-0.15, -0.1) is 0 Å². The van der Waals surface area contributed by atoms with Crippen molar-refractivity contribution in [2.45, 2.75) is 13.0 Å². The second kappa shape index (κ2) is 4.31. The molecular weight excluding hydrogens is 214 g/mol. The number of hydrogen-bond donors (Lipinski definition) is 1. The van der Waals surface area contributed by atoms with E-state index in [1.807, 2.05) is 0 Å². The van der Waals surface area contributed by atoms with Gasteiger partial charge in [0.05, 0.1) is 17.3 Å². The van der Waals surface area contributed by atoms with Crippen LogP contribution in [0, 0.1) is 11.3 Å². The number of nitriles is 1. The van der Waals surface area contributed by atoms with Gasteiger partial charge in [-0.1, -0.05) is 11.6 Å². The lowest BCUT2D eigenvalue weighted by Crippen LogP contribution is -1.99. The summed E-state index contributed by atoms with van der Waals surface area (Å²) in [4.78, 5) is 3.58. The standard InChI is InChI=1S/C8H5ClF2N2O/c9-7-5(8(10)11)1-4(2-12)13-6(7)3-14/h1,8,14H,3H2. The molecule has 0 aliphatic rings. The van der Waals surface area contributed by atoms with E-state index in [4.69, 9.17) is 22.0 Å². The fourth-order valence-corrected chi connectivity index (χ4v) is 1.16. The zero-order valence-electron chi connectivity index (χ0n) is 6.84. The van der Waals surface area contributed by atoms with Crippen molar-refractivity contribution in [1.82, 2.24) is 4.98 Å². The molecule has 0 saturated heterocycles. The third-order valence-corrected chi connectivity index (χ3v) is 1.99. The first-order valence-electron chi connectivity index (χ1n) is 3.58. The fraction of sp³-hybridized carbons (Fsp3) is 0.250. The van der Waals surface area contributed by atoms with Crippen LogP contribution in [0.2, 0.25) is 5.02 Å². The van der Waals surface area contributed by atoms with E-state index in [-0.39, 0.29) is 16.4 Å². The molecule has 0 fully saturated rings. The molecule has 0 bridgehead atoms. The summed E-state index contributed by atoms with van der Waals surface area (Å²) in [6.07, 6.45) is -2.79. The van der Waals surface area contributed by atoms with Crippen LogP contribution in [0.15, 0.2) is 6.07 Å². The van der Waals surface area contributed by atoms with Gasteiger partial charge in [-0.05, 0) is 6.07 Å². The maximum Gasteiger partial charge on any atom is 0.265 e. The molecule has 1 aromatic heterocycles. The Bertz CT molecular complexity index is 390. The first-order valence-corrected chi connectivity index (χ1v) is 3.96. The van der Waals surface area contributed by atoms with Gasteiger partial charge in [-0.3, -0.25) is 0 Å². The van der Waals surface area contributed by atoms with Crippen molar-refractivity contribution in [3.63, 3.8) is 0 Å². The van der Waals surface area contributed by atoms with Crippen LogP contribution in [0.1, 0.15) is 23.4 Å². The van der Waals surface area contributed by atoms with Gasteiger partial charge in [0.15, 0.2) is 0 Å². The Balaban J connectivity index is 3.36. The Morgan fingerprint density at radius 1 is 1.64 bits per heavy atom. The van der Waals surface area contributed by atoms with Crippen molar-refractivity contribution in [3.8, 4) is 6.07 Å². The van der Waals surface area contributed by atoms with E-state index in [1.165, 1.54) is 0 Å². The monoisotopic (exact) mass is 218 g/mol. The minimum absolute atomic E-state index is 0.110. The Morgan fingerprint density at radius 2 is 2.29 bits per heavy atom. The molecule has 1 heterocycles. The molecule has 1 rings (SSSR count). The lowest BCUT2D eigenvalue weighted by molar-refractivity contribution is 0.151. The normalized spacial score (nSPS) is 10.3. The molecule has 3 nitrogen and oxygen atoms in total. The van der Waals surface area contributed by atoms with E-state index >= 15 is 0 Å². The van der Waals surface area contributed by atoms with E-state index in [2.05, 4.69) is 4.98 Å². The fourth-order valence-electron chi connectivity index (χ4n) is 0.925. The van der Waals surface area contributed by atoms with Gasteiger partial charge >= 0.3 is 0 Å². The maximum absolute atomic E-state index is 12.4. The van der Waals surface area contributed by atoms with Gasteiger partial charge in [0, 0.05) is 5.56 Å². The maximum atomic E-state index is 12.4. The van der Waals surface area contributed by atoms with Gasteiger partial charge in [-0.2, -0.15) is 5.26 Å². The van der Waals surface area contributed by atoms with Gasteiger partial charge < -0.3 is 5.11 Å². The van der Waals surface area contributed by atoms with E-state index in [1.54, 1.807) is 6.07 Å². The molecule has 0 spiro atoms. The molecule has 14 heavy (non-hydrogen) atoms. The Morgan fingerprint density at radius 3 is 2.71 bits per heavy atom. The first-order chi connectivity index (χ1) is 6.60. The summed E-state index contributed by atoms with van der Waals surface area (Å²) in [6, 6.07) is 2.52. The molecule has 0 aromatic carbocycles. The van der Waals surface area contributed by atoms with Crippen molar-refractivity contribution in [2.24, 2.45) is 0 Å². The SMILES string of the molecule is N#Cc1cc(C(F)F)c(Cl)c(CO)n1. The largest absolute Gasteiger partial charge is 0.390 e. The molecular formula is C8H5ClF2N2O. The number of aromatic nitrogens is 1. The molecule has 74 valence electrons. The molecule has 1 aromatic rings. The molecule has 0 saturated carbocycles. The first kappa shape index (κ1) is 10.8. The Kier molecular flexibility index (Phi) is 3.33. The number of rotatable bonds is 2. The van der Waals surface area contributed by atoms with Crippen LogP contribution in [0.25, 0.3) is 0 Å². The highest BCUT2D eigenvalue weighted by atomic mass is 35.5. The van der Waals surface area contributed by atoms with Crippen molar-refractivity contribution < 1.29 is 13.9 Å². The van der Waals surface area contributed by atoms with Crippen LogP contribution in [-0.2, 0) is 6.61 Å². The second-order valence-electron chi connectivity index (χ2n) is 2.43. The highest BCUT2D eigenvalue weighted by Gasteiger charge is 2.17. The lowest BCUT2D eigenvalue weighted by atomic mass is 10.2. The third kappa shape index (κ3) is 1.97. The van der Waals surface area contributed by atoms with E-state index in [9.17, 15) is 8.78 Å². The van der Waals surface area contributed by atoms with Gasteiger partial charge in [0.2, 0.25) is 0 Å². The summed E-state index contributed by atoms with van der Waals surface area (Å²) in [5.41, 5.74) is -0.781. The van der Waals surface area contributed by atoms with Crippen LogP contribution < -0.4 is 0 Å². The number of halogens is 3. The number of alkyl halides is 2. The van der Waals surface area contributed by atoms with Crippen LogP contribution >= 0.6 is 11.6 Å². The van der Waals surface area contributed by atoms with Gasteiger partial charge in [0.25, 0.3) is 6.43 Å². The smallest absolute Gasteiger partial charge is 0.265 e. The van der Waals surface area contributed by atoms with E-state index < -0.39 is 18.6 Å². The summed E-state index contributed by atoms with van der Waals surface area (Å²) >= 11 is 5.52. The van der Waals surface area contributed by atoms with E-state index in [0.717, 1.165) is 6.07 Å². The quantitative estimate of drug-likeness (QED) is 0.826. The highest BCUT2D eigenvalue weighted by Crippen LogP contribution is 2.29. The van der Waals surface area contributed by atoms with E-state index in [0.29, 0.717) is 0 Å². The van der Waals surface area contributed by atoms with Crippen LogP contribution in [0.4, 0.5) is 8.78 Å². The predicted octanol–water partition coefficient (Wildman–Crippen LogP) is 2.04.